The van der Waals surface area contributed by atoms with E-state index in [1.54, 1.807) is 0 Å². The monoisotopic (exact) mass is 308 g/mol. The molecule has 0 aliphatic heterocycles. The van der Waals surface area contributed by atoms with Crippen LogP contribution in [0.5, 0.6) is 0 Å². The van der Waals surface area contributed by atoms with Gasteiger partial charge in [-0.2, -0.15) is 0 Å². The van der Waals surface area contributed by atoms with Crippen LogP contribution in [0.4, 0.5) is 5.13 Å². The van der Waals surface area contributed by atoms with Gasteiger partial charge in [0.15, 0.2) is 9.35 Å². The fourth-order valence-electron chi connectivity index (χ4n) is 1.46. The summed E-state index contributed by atoms with van der Waals surface area (Å²) in [5.41, 5.74) is 0.833. The average Bonchev–Trinajstić information content (AvgIpc) is 3.04. The molecule has 2 aromatic heterocycles. The Morgan fingerprint density at radius 3 is 2.84 bits per heavy atom. The van der Waals surface area contributed by atoms with Gasteiger partial charge in [-0.15, -0.1) is 21.5 Å². The Labute approximate surface area is 121 Å². The molecule has 0 saturated heterocycles. The summed E-state index contributed by atoms with van der Waals surface area (Å²) < 4.78 is 1.81. The second-order valence-corrected chi connectivity index (χ2v) is 6.58. The quantitative estimate of drug-likeness (QED) is 0.595. The first-order valence-electron chi connectivity index (χ1n) is 5.30. The molecule has 3 rings (SSSR count). The minimum absolute atomic E-state index is 0.245. The molecule has 3 aromatic rings. The van der Waals surface area contributed by atoms with Gasteiger partial charge >= 0.3 is 0 Å². The molecule has 0 unspecified atom stereocenters. The number of anilines is 1. The first-order chi connectivity index (χ1) is 9.26. The van der Waals surface area contributed by atoms with Crippen molar-refractivity contribution in [1.82, 2.24) is 15.2 Å². The fraction of sp³-hybridized carbons (Fsp3) is 0.0909. The summed E-state index contributed by atoms with van der Waals surface area (Å²) in [6.45, 7) is 0. The zero-order chi connectivity index (χ0) is 13.2. The maximum Gasteiger partial charge on any atom is 0.286 e. The number of rotatable bonds is 3. The van der Waals surface area contributed by atoms with E-state index in [9.17, 15) is 4.79 Å². The van der Waals surface area contributed by atoms with E-state index in [-0.39, 0.29) is 5.91 Å². The van der Waals surface area contributed by atoms with Crippen LogP contribution in [0.25, 0.3) is 10.2 Å². The molecule has 0 radical (unpaired) electrons. The van der Waals surface area contributed by atoms with E-state index in [1.165, 1.54) is 34.4 Å². The Morgan fingerprint density at radius 2 is 2.11 bits per heavy atom. The second-order valence-electron chi connectivity index (χ2n) is 3.52. The number of carbonyl (C=O) groups is 1. The van der Waals surface area contributed by atoms with Crippen LogP contribution in [-0.4, -0.2) is 27.3 Å². The zero-order valence-corrected chi connectivity index (χ0v) is 12.2. The number of thioether (sulfide) groups is 1. The van der Waals surface area contributed by atoms with Gasteiger partial charge in [0.25, 0.3) is 5.91 Å². The van der Waals surface area contributed by atoms with Gasteiger partial charge < -0.3 is 0 Å². The van der Waals surface area contributed by atoms with Crippen molar-refractivity contribution in [3.8, 4) is 0 Å². The molecule has 19 heavy (non-hydrogen) atoms. The molecule has 0 saturated carbocycles. The number of fused-ring (bicyclic) bond motifs is 1. The Hall–Kier alpha value is -1.51. The number of hydrogen-bond donors (Lipinski definition) is 1. The first kappa shape index (κ1) is 12.5. The highest BCUT2D eigenvalue weighted by molar-refractivity contribution is 8.00. The number of amides is 1. The summed E-state index contributed by atoms with van der Waals surface area (Å²) in [7, 11) is 0. The molecule has 5 nitrogen and oxygen atoms in total. The van der Waals surface area contributed by atoms with Gasteiger partial charge in [-0.05, 0) is 18.4 Å². The van der Waals surface area contributed by atoms with E-state index in [0.29, 0.717) is 10.1 Å². The van der Waals surface area contributed by atoms with Gasteiger partial charge in [-0.25, -0.2) is 4.98 Å². The van der Waals surface area contributed by atoms with Gasteiger partial charge in [0.1, 0.15) is 0 Å². The third-order valence-electron chi connectivity index (χ3n) is 2.29. The van der Waals surface area contributed by atoms with Crippen LogP contribution in [0, 0.1) is 0 Å². The van der Waals surface area contributed by atoms with Crippen molar-refractivity contribution in [3.63, 3.8) is 0 Å². The van der Waals surface area contributed by atoms with Gasteiger partial charge in [0, 0.05) is 0 Å². The summed E-state index contributed by atoms with van der Waals surface area (Å²) in [5, 5.41) is 11.5. The van der Waals surface area contributed by atoms with Gasteiger partial charge in [-0.1, -0.05) is 35.2 Å². The predicted octanol–water partition coefficient (Wildman–Crippen LogP) is 3.12. The lowest BCUT2D eigenvalue weighted by molar-refractivity contribution is 0.102. The van der Waals surface area contributed by atoms with Crippen LogP contribution in [-0.2, 0) is 0 Å². The van der Waals surface area contributed by atoms with Crippen molar-refractivity contribution < 1.29 is 4.79 Å². The molecule has 96 valence electrons. The summed E-state index contributed by atoms with van der Waals surface area (Å²) in [4.78, 5) is 16.3. The standard InChI is InChI=1S/C11H8N4OS3/c1-17-11-15-14-10(19-11)13-8(16)9-12-6-4-2-3-5-7(6)18-9/h2-5H,1H3,(H,13,14,16). The zero-order valence-electron chi connectivity index (χ0n) is 9.78. The molecule has 2 heterocycles. The van der Waals surface area contributed by atoms with Gasteiger partial charge in [0.2, 0.25) is 5.13 Å². The van der Waals surface area contributed by atoms with Crippen LogP contribution >= 0.6 is 34.4 Å². The molecule has 0 spiro atoms. The summed E-state index contributed by atoms with van der Waals surface area (Å²) in [6.07, 6.45) is 1.92. The molecular formula is C11H8N4OS3. The maximum atomic E-state index is 12.1. The van der Waals surface area contributed by atoms with Crippen molar-refractivity contribution in [1.29, 1.82) is 0 Å². The number of thiazole rings is 1. The van der Waals surface area contributed by atoms with E-state index in [2.05, 4.69) is 20.5 Å². The molecule has 1 amide bonds. The van der Waals surface area contributed by atoms with Crippen LogP contribution in [0.3, 0.4) is 0 Å². The van der Waals surface area contributed by atoms with Gasteiger partial charge in [0.05, 0.1) is 10.2 Å². The number of nitrogens with zero attached hydrogens (tertiary/aromatic N) is 3. The van der Waals surface area contributed by atoms with E-state index in [0.717, 1.165) is 14.6 Å². The van der Waals surface area contributed by atoms with E-state index in [1.807, 2.05) is 30.5 Å². The Bertz CT molecular complexity index is 703. The molecule has 0 fully saturated rings. The number of para-hydroxylation sites is 1. The SMILES string of the molecule is CSc1nnc(NC(=O)c2nc3ccccc3s2)s1. The highest BCUT2D eigenvalue weighted by Gasteiger charge is 2.14. The molecule has 0 aliphatic rings. The molecular weight excluding hydrogens is 300 g/mol. The number of carbonyl (C=O) groups excluding carboxylic acids is 1. The summed E-state index contributed by atoms with van der Waals surface area (Å²) in [5.74, 6) is -0.245. The van der Waals surface area contributed by atoms with E-state index < -0.39 is 0 Å². The number of benzene rings is 1. The molecule has 0 bridgehead atoms. The second kappa shape index (κ2) is 5.24. The lowest BCUT2D eigenvalue weighted by Crippen LogP contribution is -2.11. The van der Waals surface area contributed by atoms with Crippen LogP contribution in [0.2, 0.25) is 0 Å². The first-order valence-corrected chi connectivity index (χ1v) is 8.16. The Morgan fingerprint density at radius 1 is 1.26 bits per heavy atom. The molecule has 1 N–H and O–H groups in total. The van der Waals surface area contributed by atoms with Crippen molar-refractivity contribution in [2.24, 2.45) is 0 Å². The number of aromatic nitrogens is 3. The van der Waals surface area contributed by atoms with E-state index in [4.69, 9.17) is 0 Å². The fourth-order valence-corrected chi connectivity index (χ4v) is 3.49. The van der Waals surface area contributed by atoms with Crippen molar-refractivity contribution in [3.05, 3.63) is 29.3 Å². The maximum absolute atomic E-state index is 12.1. The van der Waals surface area contributed by atoms with Crippen molar-refractivity contribution in [2.75, 3.05) is 11.6 Å². The van der Waals surface area contributed by atoms with Crippen molar-refractivity contribution in [2.45, 2.75) is 4.34 Å². The minimum atomic E-state index is -0.245. The molecule has 8 heteroatoms. The number of nitrogens with one attached hydrogen (secondary N) is 1. The third kappa shape index (κ3) is 2.60. The highest BCUT2D eigenvalue weighted by Crippen LogP contribution is 2.25. The van der Waals surface area contributed by atoms with Crippen molar-refractivity contribution >= 4 is 55.7 Å². The third-order valence-corrected chi connectivity index (χ3v) is 5.14. The van der Waals surface area contributed by atoms with Crippen LogP contribution in [0.15, 0.2) is 28.6 Å². The summed E-state index contributed by atoms with van der Waals surface area (Å²) in [6, 6.07) is 7.66. The molecule has 0 aliphatic carbocycles. The highest BCUT2D eigenvalue weighted by atomic mass is 32.2. The summed E-state index contributed by atoms with van der Waals surface area (Å²) >= 11 is 4.21. The van der Waals surface area contributed by atoms with Crippen LogP contribution in [0.1, 0.15) is 9.80 Å². The topological polar surface area (TPSA) is 67.8 Å². The Balaban J connectivity index is 1.83. The average molecular weight is 308 g/mol. The predicted molar refractivity (Wildman–Crippen MR) is 79.3 cm³/mol. The van der Waals surface area contributed by atoms with Gasteiger partial charge in [-0.3, -0.25) is 10.1 Å². The molecule has 1 aromatic carbocycles. The Kier molecular flexibility index (Phi) is 3.45. The number of hydrogen-bond acceptors (Lipinski definition) is 7. The van der Waals surface area contributed by atoms with Crippen LogP contribution < -0.4 is 5.32 Å². The van der Waals surface area contributed by atoms with E-state index >= 15 is 0 Å². The normalized spacial score (nSPS) is 10.8. The largest absolute Gasteiger partial charge is 0.294 e. The lowest BCUT2D eigenvalue weighted by atomic mass is 10.3. The molecule has 0 atom stereocenters. The smallest absolute Gasteiger partial charge is 0.286 e. The minimum Gasteiger partial charge on any atom is -0.294 e. The lowest BCUT2D eigenvalue weighted by Gasteiger charge is -1.95.